The first-order chi connectivity index (χ1) is 8.22. The van der Waals surface area contributed by atoms with Gasteiger partial charge in [0.05, 0.1) is 5.69 Å². The van der Waals surface area contributed by atoms with Crippen molar-refractivity contribution in [2.45, 2.75) is 13.3 Å². The highest BCUT2D eigenvalue weighted by molar-refractivity contribution is 5.76. The minimum Gasteiger partial charge on any atom is -0.368 e. The largest absolute Gasteiger partial charge is 0.368 e. The third kappa shape index (κ3) is 2.47. The quantitative estimate of drug-likeness (QED) is 0.815. The van der Waals surface area contributed by atoms with Gasteiger partial charge in [0.25, 0.3) is 0 Å². The summed E-state index contributed by atoms with van der Waals surface area (Å²) >= 11 is 0. The number of benzene rings is 1. The van der Waals surface area contributed by atoms with Crippen LogP contribution < -0.4 is 5.73 Å². The molecule has 0 amide bonds. The molecule has 0 atom stereocenters. The van der Waals surface area contributed by atoms with Gasteiger partial charge in [0.15, 0.2) is 0 Å². The lowest BCUT2D eigenvalue weighted by Crippen LogP contribution is -2.00. The van der Waals surface area contributed by atoms with Crippen molar-refractivity contribution in [3.05, 3.63) is 41.6 Å². The monoisotopic (exact) mass is 227 g/mol. The number of carbonyl (C=O) groups is 1. The molecule has 0 aliphatic heterocycles. The topological polar surface area (TPSA) is 68.9 Å². The van der Waals surface area contributed by atoms with E-state index >= 15 is 0 Å². The molecule has 0 saturated carbocycles. The Kier molecular flexibility index (Phi) is 3.14. The Morgan fingerprint density at radius 3 is 2.53 bits per heavy atom. The van der Waals surface area contributed by atoms with Gasteiger partial charge in [0.2, 0.25) is 5.95 Å². The normalized spacial score (nSPS) is 10.2. The number of nitrogen functional groups attached to an aromatic ring is 1. The first kappa shape index (κ1) is 11.3. The first-order valence-electron chi connectivity index (χ1n) is 5.42. The average molecular weight is 227 g/mol. The summed E-state index contributed by atoms with van der Waals surface area (Å²) in [6.07, 6.45) is 1.63. The summed E-state index contributed by atoms with van der Waals surface area (Å²) in [6, 6.07) is 9.13. The predicted octanol–water partition coefficient (Wildman–Crippen LogP) is 2.10. The second-order valence-corrected chi connectivity index (χ2v) is 3.70. The van der Waals surface area contributed by atoms with E-state index in [1.54, 1.807) is 12.1 Å². The van der Waals surface area contributed by atoms with Gasteiger partial charge in [-0.05, 0) is 12.5 Å². The van der Waals surface area contributed by atoms with Gasteiger partial charge in [-0.15, -0.1) is 0 Å². The lowest BCUT2D eigenvalue weighted by Gasteiger charge is -2.04. The van der Waals surface area contributed by atoms with Crippen molar-refractivity contribution in [3.8, 4) is 11.3 Å². The van der Waals surface area contributed by atoms with Crippen molar-refractivity contribution in [2.75, 3.05) is 5.73 Å². The number of anilines is 1. The molecule has 1 heterocycles. The lowest BCUT2D eigenvalue weighted by atomic mass is 10.1. The van der Waals surface area contributed by atoms with Crippen LogP contribution in [0.3, 0.4) is 0 Å². The molecule has 86 valence electrons. The van der Waals surface area contributed by atoms with Gasteiger partial charge in [-0.3, -0.25) is 4.79 Å². The van der Waals surface area contributed by atoms with Crippen LogP contribution in [0.5, 0.6) is 0 Å². The van der Waals surface area contributed by atoms with Crippen LogP contribution in [0, 0.1) is 0 Å². The van der Waals surface area contributed by atoms with E-state index in [-0.39, 0.29) is 5.95 Å². The number of carbonyl (C=O) groups excluding carboxylic acids is 1. The van der Waals surface area contributed by atoms with Gasteiger partial charge in [-0.2, -0.15) is 0 Å². The van der Waals surface area contributed by atoms with Crippen LogP contribution in [-0.2, 0) is 6.42 Å². The van der Waals surface area contributed by atoms with Gasteiger partial charge >= 0.3 is 0 Å². The van der Waals surface area contributed by atoms with Gasteiger partial charge in [-0.1, -0.05) is 31.2 Å². The molecule has 0 aliphatic carbocycles. The molecule has 2 aromatic rings. The zero-order chi connectivity index (χ0) is 12.3. The van der Waals surface area contributed by atoms with E-state index in [0.29, 0.717) is 5.56 Å². The van der Waals surface area contributed by atoms with Crippen LogP contribution in [0.4, 0.5) is 5.95 Å². The average Bonchev–Trinajstić information content (AvgIpc) is 2.38. The number of aromatic nitrogens is 2. The molecule has 0 unspecified atom stereocenters. The Labute approximate surface area is 99.5 Å². The standard InChI is InChI=1S/C13H13N3O/c1-2-11-7-12(16-13(14)15-11)10-5-3-9(8-17)4-6-10/h3-8H,2H2,1H3,(H2,14,15,16). The molecule has 0 radical (unpaired) electrons. The summed E-state index contributed by atoms with van der Waals surface area (Å²) in [5.41, 5.74) is 8.92. The Morgan fingerprint density at radius 2 is 1.94 bits per heavy atom. The molecule has 0 saturated heterocycles. The molecule has 0 aliphatic rings. The summed E-state index contributed by atoms with van der Waals surface area (Å²) in [7, 11) is 0. The van der Waals surface area contributed by atoms with Crippen LogP contribution in [0.2, 0.25) is 0 Å². The highest BCUT2D eigenvalue weighted by Gasteiger charge is 2.03. The minimum absolute atomic E-state index is 0.277. The fourth-order valence-electron chi connectivity index (χ4n) is 1.58. The van der Waals surface area contributed by atoms with Crippen LogP contribution in [0.15, 0.2) is 30.3 Å². The molecule has 4 heteroatoms. The number of hydrogen-bond acceptors (Lipinski definition) is 4. The maximum atomic E-state index is 10.6. The van der Waals surface area contributed by atoms with E-state index in [2.05, 4.69) is 9.97 Å². The second kappa shape index (κ2) is 4.74. The SMILES string of the molecule is CCc1cc(-c2ccc(C=O)cc2)nc(N)n1. The van der Waals surface area contributed by atoms with Crippen molar-refractivity contribution in [1.29, 1.82) is 0 Å². The Hall–Kier alpha value is -2.23. The highest BCUT2D eigenvalue weighted by atomic mass is 16.1. The smallest absolute Gasteiger partial charge is 0.220 e. The molecular formula is C13H13N3O. The van der Waals surface area contributed by atoms with Crippen molar-refractivity contribution in [2.24, 2.45) is 0 Å². The summed E-state index contributed by atoms with van der Waals surface area (Å²) < 4.78 is 0. The predicted molar refractivity (Wildman–Crippen MR) is 66.6 cm³/mol. The van der Waals surface area contributed by atoms with Crippen LogP contribution in [-0.4, -0.2) is 16.3 Å². The van der Waals surface area contributed by atoms with Gasteiger partial charge in [-0.25, -0.2) is 9.97 Å². The number of aryl methyl sites for hydroxylation is 1. The Bertz CT molecular complexity index is 535. The molecule has 4 nitrogen and oxygen atoms in total. The molecule has 17 heavy (non-hydrogen) atoms. The molecule has 1 aromatic heterocycles. The molecule has 0 spiro atoms. The van der Waals surface area contributed by atoms with Crippen molar-refractivity contribution < 1.29 is 4.79 Å². The van der Waals surface area contributed by atoms with E-state index in [1.807, 2.05) is 25.1 Å². The molecule has 2 N–H and O–H groups in total. The Balaban J connectivity index is 2.44. The number of nitrogens with two attached hydrogens (primary N) is 1. The molecule has 0 bridgehead atoms. The maximum Gasteiger partial charge on any atom is 0.220 e. The highest BCUT2D eigenvalue weighted by Crippen LogP contribution is 2.19. The second-order valence-electron chi connectivity index (χ2n) is 3.70. The molecular weight excluding hydrogens is 214 g/mol. The Morgan fingerprint density at radius 1 is 1.24 bits per heavy atom. The third-order valence-electron chi connectivity index (χ3n) is 2.50. The number of hydrogen-bond donors (Lipinski definition) is 1. The fourth-order valence-corrected chi connectivity index (χ4v) is 1.58. The first-order valence-corrected chi connectivity index (χ1v) is 5.42. The number of rotatable bonds is 3. The molecule has 0 fully saturated rings. The van der Waals surface area contributed by atoms with Crippen molar-refractivity contribution in [3.63, 3.8) is 0 Å². The maximum absolute atomic E-state index is 10.6. The fraction of sp³-hybridized carbons (Fsp3) is 0.154. The summed E-state index contributed by atoms with van der Waals surface area (Å²) in [5, 5.41) is 0. The summed E-state index contributed by atoms with van der Waals surface area (Å²) in [5.74, 6) is 0.277. The summed E-state index contributed by atoms with van der Waals surface area (Å²) in [6.45, 7) is 2.01. The zero-order valence-corrected chi connectivity index (χ0v) is 9.55. The van der Waals surface area contributed by atoms with Gasteiger partial charge in [0, 0.05) is 16.8 Å². The van der Waals surface area contributed by atoms with E-state index in [9.17, 15) is 4.79 Å². The summed E-state index contributed by atoms with van der Waals surface area (Å²) in [4.78, 5) is 18.9. The van der Waals surface area contributed by atoms with E-state index in [4.69, 9.17) is 5.73 Å². The van der Waals surface area contributed by atoms with E-state index < -0.39 is 0 Å². The molecule has 2 rings (SSSR count). The minimum atomic E-state index is 0.277. The number of nitrogens with zero attached hydrogens (tertiary/aromatic N) is 2. The number of aldehydes is 1. The van der Waals surface area contributed by atoms with Gasteiger partial charge in [0.1, 0.15) is 6.29 Å². The van der Waals surface area contributed by atoms with Gasteiger partial charge < -0.3 is 5.73 Å². The molecule has 1 aromatic carbocycles. The van der Waals surface area contributed by atoms with Crippen LogP contribution >= 0.6 is 0 Å². The van der Waals surface area contributed by atoms with Crippen molar-refractivity contribution >= 4 is 12.2 Å². The van der Waals surface area contributed by atoms with Crippen molar-refractivity contribution in [1.82, 2.24) is 9.97 Å². The van der Waals surface area contributed by atoms with E-state index in [0.717, 1.165) is 29.7 Å². The zero-order valence-electron chi connectivity index (χ0n) is 9.55. The van der Waals surface area contributed by atoms with Crippen LogP contribution in [0.25, 0.3) is 11.3 Å². The lowest BCUT2D eigenvalue weighted by molar-refractivity contribution is 0.112. The van der Waals surface area contributed by atoms with E-state index in [1.165, 1.54) is 0 Å². The third-order valence-corrected chi connectivity index (χ3v) is 2.50. The van der Waals surface area contributed by atoms with Crippen LogP contribution in [0.1, 0.15) is 23.0 Å².